The SMILES string of the molecule is CCCC1CC1NC(=O)NC(=O)CCC(=O)O. The smallest absolute Gasteiger partial charge is 0.321 e. The van der Waals surface area contributed by atoms with Gasteiger partial charge in [-0.2, -0.15) is 0 Å². The highest BCUT2D eigenvalue weighted by molar-refractivity contribution is 5.95. The predicted octanol–water partition coefficient (Wildman–Crippen LogP) is 0.866. The molecule has 1 aliphatic rings. The lowest BCUT2D eigenvalue weighted by Crippen LogP contribution is -2.41. The third kappa shape index (κ3) is 5.33. The summed E-state index contributed by atoms with van der Waals surface area (Å²) in [6, 6.07) is -0.355. The molecule has 1 rings (SSSR count). The first-order chi connectivity index (χ1) is 8.02. The average Bonchev–Trinajstić information content (AvgIpc) is 2.93. The first kappa shape index (κ1) is 13.5. The summed E-state index contributed by atoms with van der Waals surface area (Å²) in [5.74, 6) is -1.08. The van der Waals surface area contributed by atoms with E-state index in [1.54, 1.807) is 0 Å². The van der Waals surface area contributed by atoms with E-state index in [2.05, 4.69) is 17.6 Å². The van der Waals surface area contributed by atoms with Gasteiger partial charge < -0.3 is 10.4 Å². The molecule has 1 saturated carbocycles. The lowest BCUT2D eigenvalue weighted by Gasteiger charge is -2.05. The third-order valence-electron chi connectivity index (χ3n) is 2.72. The first-order valence-corrected chi connectivity index (χ1v) is 5.85. The molecule has 0 heterocycles. The van der Waals surface area contributed by atoms with Crippen molar-refractivity contribution < 1.29 is 19.5 Å². The molecular weight excluding hydrogens is 224 g/mol. The van der Waals surface area contributed by atoms with Crippen LogP contribution in [-0.2, 0) is 9.59 Å². The van der Waals surface area contributed by atoms with Gasteiger partial charge in [0, 0.05) is 12.5 Å². The minimum absolute atomic E-state index is 0.169. The van der Waals surface area contributed by atoms with Gasteiger partial charge in [-0.05, 0) is 18.8 Å². The fourth-order valence-corrected chi connectivity index (χ4v) is 1.73. The molecule has 1 aliphatic carbocycles. The number of amides is 3. The predicted molar refractivity (Wildman–Crippen MR) is 60.3 cm³/mol. The highest BCUT2D eigenvalue weighted by Crippen LogP contribution is 2.34. The Morgan fingerprint density at radius 2 is 2.00 bits per heavy atom. The van der Waals surface area contributed by atoms with E-state index in [4.69, 9.17) is 5.11 Å². The second kappa shape index (κ2) is 6.22. The monoisotopic (exact) mass is 242 g/mol. The molecule has 0 bridgehead atoms. The van der Waals surface area contributed by atoms with Crippen LogP contribution in [0.25, 0.3) is 0 Å². The van der Waals surface area contributed by atoms with E-state index >= 15 is 0 Å². The highest BCUT2D eigenvalue weighted by Gasteiger charge is 2.37. The summed E-state index contributed by atoms with van der Waals surface area (Å²) < 4.78 is 0. The molecule has 0 aromatic carbocycles. The van der Waals surface area contributed by atoms with E-state index in [1.807, 2.05) is 0 Å². The number of rotatable bonds is 6. The second-order valence-corrected chi connectivity index (χ2v) is 4.31. The first-order valence-electron chi connectivity index (χ1n) is 5.85. The number of carbonyl (C=O) groups is 3. The zero-order valence-electron chi connectivity index (χ0n) is 9.86. The molecule has 1 fully saturated rings. The van der Waals surface area contributed by atoms with Crippen molar-refractivity contribution in [3.05, 3.63) is 0 Å². The molecule has 0 spiro atoms. The maximum Gasteiger partial charge on any atom is 0.321 e. The molecule has 96 valence electrons. The number of urea groups is 1. The van der Waals surface area contributed by atoms with E-state index in [-0.39, 0.29) is 18.9 Å². The summed E-state index contributed by atoms with van der Waals surface area (Å²) in [5, 5.41) is 13.2. The van der Waals surface area contributed by atoms with Crippen LogP contribution in [0.1, 0.15) is 39.0 Å². The molecule has 6 heteroatoms. The van der Waals surface area contributed by atoms with Crippen molar-refractivity contribution in [2.45, 2.75) is 45.1 Å². The molecule has 2 atom stereocenters. The molecule has 0 radical (unpaired) electrons. The van der Waals surface area contributed by atoms with Crippen LogP contribution < -0.4 is 10.6 Å². The topological polar surface area (TPSA) is 95.5 Å². The van der Waals surface area contributed by atoms with Crippen molar-refractivity contribution in [1.82, 2.24) is 10.6 Å². The van der Waals surface area contributed by atoms with Gasteiger partial charge in [0.05, 0.1) is 6.42 Å². The van der Waals surface area contributed by atoms with Crippen molar-refractivity contribution in [3.63, 3.8) is 0 Å². The summed E-state index contributed by atoms with van der Waals surface area (Å²) >= 11 is 0. The van der Waals surface area contributed by atoms with E-state index < -0.39 is 17.9 Å². The normalized spacial score (nSPS) is 21.7. The molecule has 0 aromatic heterocycles. The Hall–Kier alpha value is -1.59. The van der Waals surface area contributed by atoms with E-state index in [1.165, 1.54) is 0 Å². The van der Waals surface area contributed by atoms with Crippen LogP contribution in [0, 0.1) is 5.92 Å². The molecule has 3 N–H and O–H groups in total. The Morgan fingerprint density at radius 1 is 1.29 bits per heavy atom. The molecule has 6 nitrogen and oxygen atoms in total. The van der Waals surface area contributed by atoms with Crippen molar-refractivity contribution in [2.75, 3.05) is 0 Å². The van der Waals surface area contributed by atoms with Gasteiger partial charge in [-0.1, -0.05) is 13.3 Å². The van der Waals surface area contributed by atoms with Crippen molar-refractivity contribution in [2.24, 2.45) is 5.92 Å². The fourth-order valence-electron chi connectivity index (χ4n) is 1.73. The summed E-state index contributed by atoms with van der Waals surface area (Å²) in [6.07, 6.45) is 2.69. The number of hydrogen-bond donors (Lipinski definition) is 3. The van der Waals surface area contributed by atoms with Gasteiger partial charge in [0.25, 0.3) is 0 Å². The molecule has 2 unspecified atom stereocenters. The number of carboxylic acid groups (broad SMARTS) is 1. The van der Waals surface area contributed by atoms with Crippen LogP contribution in [0.2, 0.25) is 0 Å². The number of carboxylic acids is 1. The number of carbonyl (C=O) groups excluding carboxylic acids is 2. The lowest BCUT2D eigenvalue weighted by atomic mass is 10.2. The van der Waals surface area contributed by atoms with Crippen LogP contribution in [-0.4, -0.2) is 29.1 Å². The van der Waals surface area contributed by atoms with Gasteiger partial charge in [-0.25, -0.2) is 4.79 Å². The van der Waals surface area contributed by atoms with Gasteiger partial charge >= 0.3 is 12.0 Å². The van der Waals surface area contributed by atoms with Crippen molar-refractivity contribution in [3.8, 4) is 0 Å². The standard InChI is InChI=1S/C11H18N2O4/c1-2-3-7-6-8(7)12-11(17)13-9(14)4-5-10(15)16/h7-8H,2-6H2,1H3,(H,15,16)(H2,12,13,14,17). The third-order valence-corrected chi connectivity index (χ3v) is 2.72. The van der Waals surface area contributed by atoms with E-state index in [0.29, 0.717) is 5.92 Å². The minimum atomic E-state index is -1.05. The summed E-state index contributed by atoms with van der Waals surface area (Å²) in [5.41, 5.74) is 0. The minimum Gasteiger partial charge on any atom is -0.481 e. The maximum absolute atomic E-state index is 11.3. The van der Waals surface area contributed by atoms with Crippen molar-refractivity contribution in [1.29, 1.82) is 0 Å². The van der Waals surface area contributed by atoms with Crippen LogP contribution in [0.3, 0.4) is 0 Å². The maximum atomic E-state index is 11.3. The summed E-state index contributed by atoms with van der Waals surface area (Å²) in [7, 11) is 0. The van der Waals surface area contributed by atoms with Crippen LogP contribution in [0.4, 0.5) is 4.79 Å². The van der Waals surface area contributed by atoms with Gasteiger partial charge in [0.1, 0.15) is 0 Å². The average molecular weight is 242 g/mol. The lowest BCUT2D eigenvalue weighted by molar-refractivity contribution is -0.138. The van der Waals surface area contributed by atoms with Gasteiger partial charge in [0.15, 0.2) is 0 Å². The molecule has 17 heavy (non-hydrogen) atoms. The van der Waals surface area contributed by atoms with Gasteiger partial charge in [-0.15, -0.1) is 0 Å². The van der Waals surface area contributed by atoms with Gasteiger partial charge in [-0.3, -0.25) is 14.9 Å². The van der Waals surface area contributed by atoms with E-state index in [0.717, 1.165) is 19.3 Å². The molecule has 0 aromatic rings. The van der Waals surface area contributed by atoms with Crippen LogP contribution in [0.15, 0.2) is 0 Å². The summed E-state index contributed by atoms with van der Waals surface area (Å²) in [4.78, 5) is 32.7. The Morgan fingerprint density at radius 3 is 2.59 bits per heavy atom. The van der Waals surface area contributed by atoms with Crippen molar-refractivity contribution >= 4 is 17.9 Å². The quantitative estimate of drug-likeness (QED) is 0.643. The Labute approximate surface area is 99.8 Å². The molecule has 3 amide bonds. The Kier molecular flexibility index (Phi) is 4.93. The number of hydrogen-bond acceptors (Lipinski definition) is 3. The zero-order chi connectivity index (χ0) is 12.8. The molecule has 0 aliphatic heterocycles. The molecule has 0 saturated heterocycles. The Bertz CT molecular complexity index is 317. The van der Waals surface area contributed by atoms with Crippen LogP contribution in [0.5, 0.6) is 0 Å². The number of imide groups is 1. The zero-order valence-corrected chi connectivity index (χ0v) is 9.86. The fraction of sp³-hybridized carbons (Fsp3) is 0.727. The number of aliphatic carboxylic acids is 1. The summed E-state index contributed by atoms with van der Waals surface area (Å²) in [6.45, 7) is 2.09. The number of nitrogens with one attached hydrogen (secondary N) is 2. The second-order valence-electron chi connectivity index (χ2n) is 4.31. The van der Waals surface area contributed by atoms with Gasteiger partial charge in [0.2, 0.25) is 5.91 Å². The largest absolute Gasteiger partial charge is 0.481 e. The highest BCUT2D eigenvalue weighted by atomic mass is 16.4. The molecular formula is C11H18N2O4. The Balaban J connectivity index is 2.13. The van der Waals surface area contributed by atoms with E-state index in [9.17, 15) is 14.4 Å². The van der Waals surface area contributed by atoms with Crippen LogP contribution >= 0.6 is 0 Å².